The first-order valence-corrected chi connectivity index (χ1v) is 21.8. The maximum Gasteiger partial charge on any atom is 0.472 e. The molecule has 0 bridgehead atoms. The quantitative estimate of drug-likeness (QED) is 0.0239. The van der Waals surface area contributed by atoms with Crippen molar-refractivity contribution >= 4 is 19.8 Å². The highest BCUT2D eigenvalue weighted by Crippen LogP contribution is 2.43. The van der Waals surface area contributed by atoms with Crippen molar-refractivity contribution in [3.8, 4) is 0 Å². The molecule has 0 rings (SSSR count). The SMILES string of the molecule is CC/C=C\C/C=C\C/C=C\C/C=C\CCC(=O)OC(COCCCCCCCCCC/C=C\CCCCCCCC)COP(=O)(O)OCC(N)C(=O)O. The molecule has 0 radical (unpaired) electrons. The Morgan fingerprint density at radius 2 is 1.09 bits per heavy atom. The highest BCUT2D eigenvalue weighted by molar-refractivity contribution is 7.47. The number of ether oxygens (including phenoxy) is 2. The van der Waals surface area contributed by atoms with Crippen LogP contribution in [0.4, 0.5) is 0 Å². The highest BCUT2D eigenvalue weighted by Gasteiger charge is 2.27. The monoisotopic (exact) mass is 768 g/mol. The number of hydrogen-bond donors (Lipinski definition) is 3. The van der Waals surface area contributed by atoms with Crippen LogP contribution < -0.4 is 5.73 Å². The van der Waals surface area contributed by atoms with Crippen molar-refractivity contribution < 1.29 is 42.7 Å². The molecule has 0 aromatic carbocycles. The van der Waals surface area contributed by atoms with Gasteiger partial charge in [0.15, 0.2) is 0 Å². The molecule has 0 aromatic rings. The van der Waals surface area contributed by atoms with Gasteiger partial charge >= 0.3 is 19.8 Å². The lowest BCUT2D eigenvalue weighted by Crippen LogP contribution is -2.34. The Balaban J connectivity index is 4.34. The minimum Gasteiger partial charge on any atom is -0.480 e. The van der Waals surface area contributed by atoms with Crippen molar-refractivity contribution in [3.63, 3.8) is 0 Å². The van der Waals surface area contributed by atoms with E-state index in [9.17, 15) is 19.0 Å². The van der Waals surface area contributed by atoms with Gasteiger partial charge in [0.05, 0.1) is 19.8 Å². The van der Waals surface area contributed by atoms with E-state index in [4.69, 9.17) is 24.8 Å². The van der Waals surface area contributed by atoms with Crippen molar-refractivity contribution in [2.24, 2.45) is 5.73 Å². The fourth-order valence-electron chi connectivity index (χ4n) is 5.14. The van der Waals surface area contributed by atoms with Gasteiger partial charge in [-0.3, -0.25) is 18.6 Å². The largest absolute Gasteiger partial charge is 0.480 e. The van der Waals surface area contributed by atoms with Crippen LogP contribution in [0.3, 0.4) is 0 Å². The normalized spacial score (nSPS) is 14.6. The minimum atomic E-state index is -4.63. The Kier molecular flexibility index (Phi) is 36.3. The third-order valence-electron chi connectivity index (χ3n) is 8.29. The molecule has 0 aliphatic carbocycles. The number of phosphoric acid groups is 1. The second-order valence-corrected chi connectivity index (χ2v) is 14.8. The second kappa shape index (κ2) is 38.0. The number of carbonyl (C=O) groups is 2. The van der Waals surface area contributed by atoms with Crippen LogP contribution in [0.15, 0.2) is 60.8 Å². The number of carboxylic acid groups (broad SMARTS) is 1. The summed E-state index contributed by atoms with van der Waals surface area (Å²) in [6.07, 6.45) is 44.4. The van der Waals surface area contributed by atoms with E-state index in [-0.39, 0.29) is 13.0 Å². The van der Waals surface area contributed by atoms with E-state index in [1.165, 1.54) is 83.5 Å². The molecule has 3 unspecified atom stereocenters. The lowest BCUT2D eigenvalue weighted by molar-refractivity contribution is -0.154. The number of esters is 1. The Morgan fingerprint density at radius 3 is 1.64 bits per heavy atom. The molecule has 53 heavy (non-hydrogen) atoms. The maximum atomic E-state index is 12.5. The molecule has 0 spiro atoms. The van der Waals surface area contributed by atoms with Crippen LogP contribution in [0.25, 0.3) is 0 Å². The van der Waals surface area contributed by atoms with Gasteiger partial charge in [-0.2, -0.15) is 0 Å². The first kappa shape index (κ1) is 50.7. The maximum absolute atomic E-state index is 12.5. The van der Waals surface area contributed by atoms with Crippen molar-refractivity contribution in [3.05, 3.63) is 60.8 Å². The number of nitrogens with two attached hydrogens (primary N) is 1. The number of carboxylic acids is 1. The molecule has 0 heterocycles. The van der Waals surface area contributed by atoms with Crippen LogP contribution in [-0.4, -0.2) is 60.5 Å². The summed E-state index contributed by atoms with van der Waals surface area (Å²) < 4.78 is 33.2. The summed E-state index contributed by atoms with van der Waals surface area (Å²) in [5.41, 5.74) is 5.34. The van der Waals surface area contributed by atoms with E-state index < -0.39 is 45.1 Å². The van der Waals surface area contributed by atoms with Crippen LogP contribution >= 0.6 is 7.82 Å². The zero-order valence-corrected chi connectivity index (χ0v) is 34.0. The van der Waals surface area contributed by atoms with E-state index in [1.54, 1.807) is 0 Å². The van der Waals surface area contributed by atoms with Gasteiger partial charge in [-0.1, -0.05) is 145 Å². The summed E-state index contributed by atoms with van der Waals surface area (Å²) in [5, 5.41) is 8.87. The molecule has 0 aliphatic rings. The lowest BCUT2D eigenvalue weighted by atomic mass is 10.1. The van der Waals surface area contributed by atoms with Gasteiger partial charge in [0.25, 0.3) is 0 Å². The third-order valence-corrected chi connectivity index (χ3v) is 9.25. The van der Waals surface area contributed by atoms with E-state index in [1.807, 2.05) is 12.2 Å². The Labute approximate surface area is 322 Å². The zero-order chi connectivity index (χ0) is 39.1. The Morgan fingerprint density at radius 1 is 0.623 bits per heavy atom. The fraction of sp³-hybridized carbons (Fsp3) is 0.714. The van der Waals surface area contributed by atoms with Crippen LogP contribution in [0.2, 0.25) is 0 Å². The highest BCUT2D eigenvalue weighted by atomic mass is 31.2. The molecule has 4 N–H and O–H groups in total. The van der Waals surface area contributed by atoms with Gasteiger partial charge in [0.2, 0.25) is 0 Å². The molecule has 0 amide bonds. The molecule has 0 saturated carbocycles. The summed E-state index contributed by atoms with van der Waals surface area (Å²) in [6, 6.07) is -1.49. The molecular formula is C42H74NO9P. The van der Waals surface area contributed by atoms with Crippen LogP contribution in [0.1, 0.15) is 155 Å². The van der Waals surface area contributed by atoms with Crippen molar-refractivity contribution in [2.45, 2.75) is 167 Å². The van der Waals surface area contributed by atoms with E-state index in [2.05, 4.69) is 67.0 Å². The summed E-state index contributed by atoms with van der Waals surface area (Å²) in [6.45, 7) is 3.64. The van der Waals surface area contributed by atoms with Crippen LogP contribution in [0.5, 0.6) is 0 Å². The Hall–Kier alpha value is -2.33. The number of phosphoric ester groups is 1. The molecule has 0 fully saturated rings. The predicted octanol–water partition coefficient (Wildman–Crippen LogP) is 10.9. The number of rotatable bonds is 38. The second-order valence-electron chi connectivity index (χ2n) is 13.4. The van der Waals surface area contributed by atoms with Gasteiger partial charge in [-0.15, -0.1) is 0 Å². The standard InChI is InChI=1S/C42H74NO9P/c1-3-5-7-9-11-13-15-17-18-19-20-21-23-25-27-29-31-33-35-49-36-39(37-50-53(47,48)51-38-40(43)42(45)46)52-41(44)34-32-30-28-26-24-22-16-14-12-10-8-6-4-2/h6,8,12,14,17-18,22,24,28,30,39-40H,3-5,7,9-11,13,15-16,19-21,23,25-27,29,31-38,43H2,1-2H3,(H,45,46)(H,47,48)/b8-6-,14-12-,18-17-,24-22-,30-28-. The third kappa shape index (κ3) is 37.8. The molecule has 0 aromatic heterocycles. The zero-order valence-electron chi connectivity index (χ0n) is 33.1. The van der Waals surface area contributed by atoms with Gasteiger partial charge in [0, 0.05) is 13.0 Å². The fourth-order valence-corrected chi connectivity index (χ4v) is 5.92. The smallest absolute Gasteiger partial charge is 0.472 e. The topological polar surface area (TPSA) is 155 Å². The van der Waals surface area contributed by atoms with E-state index in [0.717, 1.165) is 44.9 Å². The lowest BCUT2D eigenvalue weighted by Gasteiger charge is -2.20. The van der Waals surface area contributed by atoms with Crippen molar-refractivity contribution in [1.82, 2.24) is 0 Å². The predicted molar refractivity (Wildman–Crippen MR) is 217 cm³/mol. The van der Waals surface area contributed by atoms with Crippen LogP contribution in [-0.2, 0) is 32.7 Å². The molecule has 11 heteroatoms. The molecular weight excluding hydrogens is 693 g/mol. The van der Waals surface area contributed by atoms with Gasteiger partial charge in [-0.05, 0) is 64.2 Å². The summed E-state index contributed by atoms with van der Waals surface area (Å²) in [5.74, 6) is -1.87. The van der Waals surface area contributed by atoms with E-state index in [0.29, 0.717) is 13.0 Å². The molecule has 3 atom stereocenters. The number of allylic oxidation sites excluding steroid dienone is 10. The van der Waals surface area contributed by atoms with Crippen molar-refractivity contribution in [2.75, 3.05) is 26.4 Å². The van der Waals surface area contributed by atoms with Gasteiger partial charge in [0.1, 0.15) is 12.1 Å². The summed E-state index contributed by atoms with van der Waals surface area (Å²) in [7, 11) is -4.63. The molecule has 0 aliphatic heterocycles. The summed E-state index contributed by atoms with van der Waals surface area (Å²) >= 11 is 0. The van der Waals surface area contributed by atoms with Crippen molar-refractivity contribution in [1.29, 1.82) is 0 Å². The number of aliphatic carboxylic acids is 1. The first-order valence-electron chi connectivity index (χ1n) is 20.3. The van der Waals surface area contributed by atoms with E-state index >= 15 is 0 Å². The average Bonchev–Trinajstić information content (AvgIpc) is 3.13. The Bertz CT molecular complexity index is 1070. The minimum absolute atomic E-state index is 0.0161. The molecule has 0 saturated heterocycles. The molecule has 306 valence electrons. The van der Waals surface area contributed by atoms with Crippen LogP contribution in [0, 0.1) is 0 Å². The number of hydrogen-bond acceptors (Lipinski definition) is 8. The number of carbonyl (C=O) groups excluding carboxylic acids is 1. The van der Waals surface area contributed by atoms with Gasteiger partial charge in [-0.25, -0.2) is 4.57 Å². The van der Waals surface area contributed by atoms with Gasteiger partial charge < -0.3 is 25.2 Å². The summed E-state index contributed by atoms with van der Waals surface area (Å²) in [4.78, 5) is 33.4. The molecule has 10 nitrogen and oxygen atoms in total. The first-order chi connectivity index (χ1) is 25.7. The average molecular weight is 768 g/mol. The number of unbranched alkanes of at least 4 members (excludes halogenated alkanes) is 14.